The summed E-state index contributed by atoms with van der Waals surface area (Å²) in [4.78, 5) is 12.7. The van der Waals surface area contributed by atoms with E-state index in [1.54, 1.807) is 11.3 Å². The quantitative estimate of drug-likeness (QED) is 0.639. The molecular formula is C13H14Br2O2S2. The number of rotatable bonds is 2. The zero-order chi connectivity index (χ0) is 13.5. The fourth-order valence-corrected chi connectivity index (χ4v) is 7.04. The van der Waals surface area contributed by atoms with Gasteiger partial charge in [0.05, 0.1) is 13.2 Å². The van der Waals surface area contributed by atoms with E-state index in [1.807, 2.05) is 17.8 Å². The van der Waals surface area contributed by atoms with Crippen molar-refractivity contribution in [1.29, 1.82) is 0 Å². The Balaban J connectivity index is 1.78. The number of ketones is 1. The van der Waals surface area contributed by atoms with Gasteiger partial charge in [-0.2, -0.15) is 11.8 Å². The van der Waals surface area contributed by atoms with Gasteiger partial charge >= 0.3 is 0 Å². The van der Waals surface area contributed by atoms with E-state index in [0.29, 0.717) is 0 Å². The van der Waals surface area contributed by atoms with Gasteiger partial charge in [0.1, 0.15) is 0 Å². The molecule has 3 heterocycles. The summed E-state index contributed by atoms with van der Waals surface area (Å²) in [5.41, 5.74) is 0.799. The monoisotopic (exact) mass is 424 g/mol. The van der Waals surface area contributed by atoms with Crippen molar-refractivity contribution in [2.45, 2.75) is 24.9 Å². The van der Waals surface area contributed by atoms with Gasteiger partial charge in [-0.1, -0.05) is 0 Å². The van der Waals surface area contributed by atoms with Crippen LogP contribution in [0.25, 0.3) is 0 Å². The standard InChI is InChI=1S/C13H14Br2O2S2/c14-10-5-9(12(15)19-10)11(16)8-1-3-17-13(6-8)2-4-18-7-13/h5,8H,1-4,6-7H2. The molecule has 0 saturated carbocycles. The SMILES string of the molecule is O=C(c1cc(Br)sc1Br)C1CCOC2(CCSC2)C1. The van der Waals surface area contributed by atoms with Gasteiger partial charge in [-0.25, -0.2) is 0 Å². The van der Waals surface area contributed by atoms with E-state index in [9.17, 15) is 4.79 Å². The molecular weight excluding hydrogens is 412 g/mol. The summed E-state index contributed by atoms with van der Waals surface area (Å²) in [5, 5.41) is 0. The molecule has 0 aromatic carbocycles. The first-order chi connectivity index (χ1) is 9.10. The smallest absolute Gasteiger partial charge is 0.168 e. The summed E-state index contributed by atoms with van der Waals surface area (Å²) in [7, 11) is 0. The minimum Gasteiger partial charge on any atom is -0.374 e. The van der Waals surface area contributed by atoms with Gasteiger partial charge in [0.2, 0.25) is 0 Å². The second kappa shape index (κ2) is 5.79. The topological polar surface area (TPSA) is 26.3 Å². The van der Waals surface area contributed by atoms with Crippen LogP contribution in [0.1, 0.15) is 29.6 Å². The molecule has 2 aliphatic heterocycles. The first kappa shape index (κ1) is 14.6. The van der Waals surface area contributed by atoms with Crippen molar-refractivity contribution >= 4 is 60.7 Å². The summed E-state index contributed by atoms with van der Waals surface area (Å²) < 4.78 is 7.92. The molecule has 6 heteroatoms. The molecule has 0 N–H and O–H groups in total. The van der Waals surface area contributed by atoms with E-state index >= 15 is 0 Å². The van der Waals surface area contributed by atoms with Gasteiger partial charge in [-0.15, -0.1) is 11.3 Å². The Hall–Kier alpha value is 0.640. The van der Waals surface area contributed by atoms with Crippen molar-refractivity contribution in [3.8, 4) is 0 Å². The molecule has 1 spiro atoms. The van der Waals surface area contributed by atoms with E-state index in [0.717, 1.165) is 50.5 Å². The lowest BCUT2D eigenvalue weighted by Gasteiger charge is -2.37. The summed E-state index contributed by atoms with van der Waals surface area (Å²) in [6, 6.07) is 1.93. The summed E-state index contributed by atoms with van der Waals surface area (Å²) in [6.45, 7) is 0.722. The zero-order valence-electron chi connectivity index (χ0n) is 10.3. The van der Waals surface area contributed by atoms with Crippen LogP contribution in [0.15, 0.2) is 13.6 Å². The number of Topliss-reactive ketones (excluding diaryl/α,β-unsaturated/α-hetero) is 1. The molecule has 1 aromatic rings. The molecule has 0 bridgehead atoms. The van der Waals surface area contributed by atoms with Gasteiger partial charge < -0.3 is 4.74 Å². The fraction of sp³-hybridized carbons (Fsp3) is 0.615. The number of thioether (sulfide) groups is 1. The first-order valence-electron chi connectivity index (χ1n) is 6.30. The molecule has 0 radical (unpaired) electrons. The maximum Gasteiger partial charge on any atom is 0.168 e. The number of halogens is 2. The van der Waals surface area contributed by atoms with Crippen molar-refractivity contribution in [3.05, 3.63) is 19.2 Å². The third-order valence-corrected chi connectivity index (χ3v) is 7.42. The predicted molar refractivity (Wildman–Crippen MR) is 87.4 cm³/mol. The normalized spacial score (nSPS) is 30.9. The third-order valence-electron chi connectivity index (χ3n) is 3.85. The average Bonchev–Trinajstić information content (AvgIpc) is 2.96. The minimum atomic E-state index is -0.0248. The van der Waals surface area contributed by atoms with E-state index in [4.69, 9.17) is 4.74 Å². The Morgan fingerprint density at radius 3 is 2.95 bits per heavy atom. The number of ether oxygens (including phenoxy) is 1. The number of carbonyl (C=O) groups excluding carboxylic acids is 1. The number of thiophene rings is 1. The number of hydrogen-bond acceptors (Lipinski definition) is 4. The number of carbonyl (C=O) groups is 1. The second-order valence-electron chi connectivity index (χ2n) is 5.13. The second-order valence-corrected chi connectivity index (χ2v) is 9.98. The largest absolute Gasteiger partial charge is 0.374 e. The molecule has 104 valence electrons. The van der Waals surface area contributed by atoms with Crippen molar-refractivity contribution in [3.63, 3.8) is 0 Å². The molecule has 2 unspecified atom stereocenters. The van der Waals surface area contributed by atoms with E-state index in [2.05, 4.69) is 31.9 Å². The first-order valence-corrected chi connectivity index (χ1v) is 9.86. The Bertz CT molecular complexity index is 495. The lowest BCUT2D eigenvalue weighted by molar-refractivity contribution is -0.0734. The minimum absolute atomic E-state index is 0.0248. The highest BCUT2D eigenvalue weighted by Gasteiger charge is 2.42. The Morgan fingerprint density at radius 1 is 1.47 bits per heavy atom. The van der Waals surface area contributed by atoms with Gasteiger partial charge in [-0.3, -0.25) is 4.79 Å². The van der Waals surface area contributed by atoms with Crippen molar-refractivity contribution < 1.29 is 9.53 Å². The summed E-state index contributed by atoms with van der Waals surface area (Å²) in [5.74, 6) is 2.60. The van der Waals surface area contributed by atoms with E-state index < -0.39 is 0 Å². The van der Waals surface area contributed by atoms with Crippen LogP contribution in [-0.4, -0.2) is 29.5 Å². The van der Waals surface area contributed by atoms with Crippen LogP contribution in [0.2, 0.25) is 0 Å². The molecule has 2 saturated heterocycles. The molecule has 2 fully saturated rings. The highest BCUT2D eigenvalue weighted by molar-refractivity contribution is 9.12. The molecule has 2 aliphatic rings. The predicted octanol–water partition coefficient (Wildman–Crippen LogP) is 4.76. The van der Waals surface area contributed by atoms with Crippen LogP contribution < -0.4 is 0 Å². The van der Waals surface area contributed by atoms with E-state index in [1.165, 1.54) is 0 Å². The lowest BCUT2D eigenvalue weighted by atomic mass is 9.82. The maximum atomic E-state index is 12.7. The van der Waals surface area contributed by atoms with Gasteiger partial charge in [0, 0.05) is 23.8 Å². The maximum absolute atomic E-state index is 12.7. The molecule has 1 aromatic heterocycles. The summed E-state index contributed by atoms with van der Waals surface area (Å²) in [6.07, 6.45) is 2.83. The van der Waals surface area contributed by atoms with Crippen LogP contribution in [0, 0.1) is 5.92 Å². The van der Waals surface area contributed by atoms with Crippen LogP contribution in [-0.2, 0) is 4.74 Å². The molecule has 2 atom stereocenters. The van der Waals surface area contributed by atoms with E-state index in [-0.39, 0.29) is 17.3 Å². The van der Waals surface area contributed by atoms with Gasteiger partial charge in [-0.05, 0) is 62.9 Å². The van der Waals surface area contributed by atoms with Crippen LogP contribution in [0.4, 0.5) is 0 Å². The molecule has 19 heavy (non-hydrogen) atoms. The van der Waals surface area contributed by atoms with Gasteiger partial charge in [0.25, 0.3) is 0 Å². The highest BCUT2D eigenvalue weighted by Crippen LogP contribution is 2.42. The van der Waals surface area contributed by atoms with Crippen molar-refractivity contribution in [2.24, 2.45) is 5.92 Å². The van der Waals surface area contributed by atoms with Crippen LogP contribution in [0.3, 0.4) is 0 Å². The van der Waals surface area contributed by atoms with Crippen LogP contribution >= 0.6 is 55.0 Å². The van der Waals surface area contributed by atoms with Crippen molar-refractivity contribution in [2.75, 3.05) is 18.1 Å². The third kappa shape index (κ3) is 2.98. The molecule has 0 aliphatic carbocycles. The molecule has 2 nitrogen and oxygen atoms in total. The summed E-state index contributed by atoms with van der Waals surface area (Å²) >= 11 is 10.4. The lowest BCUT2D eigenvalue weighted by Crippen LogP contribution is -2.42. The van der Waals surface area contributed by atoms with Crippen molar-refractivity contribution in [1.82, 2.24) is 0 Å². The highest BCUT2D eigenvalue weighted by atomic mass is 79.9. The Morgan fingerprint density at radius 2 is 2.32 bits per heavy atom. The molecule has 3 rings (SSSR count). The average molecular weight is 426 g/mol. The van der Waals surface area contributed by atoms with Gasteiger partial charge in [0.15, 0.2) is 5.78 Å². The Kier molecular flexibility index (Phi) is 4.44. The molecule has 0 amide bonds. The number of hydrogen-bond donors (Lipinski definition) is 0. The van der Waals surface area contributed by atoms with Crippen LogP contribution in [0.5, 0.6) is 0 Å². The Labute approximate surface area is 137 Å². The zero-order valence-corrected chi connectivity index (χ0v) is 15.1. The fourth-order valence-electron chi connectivity index (χ4n) is 2.84.